The third-order valence-electron chi connectivity index (χ3n) is 5.69. The van der Waals surface area contributed by atoms with E-state index in [1.807, 2.05) is 62.3 Å². The van der Waals surface area contributed by atoms with Crippen LogP contribution in [0.2, 0.25) is 0 Å². The maximum Gasteiger partial charge on any atom is 0.300 e. The van der Waals surface area contributed by atoms with Gasteiger partial charge in [0.25, 0.3) is 11.7 Å². The van der Waals surface area contributed by atoms with Crippen LogP contribution in [0.1, 0.15) is 22.7 Å². The number of amides is 1. The fourth-order valence-electron chi connectivity index (χ4n) is 3.96. The molecule has 6 heteroatoms. The third kappa shape index (κ3) is 3.64. The standard InChI is InChI=1S/C26H23FN2O3/c1-16-6-4-5-7-21(16)23-22(24(30)17-8-10-18(27)11-9-17)25(31)26(32)29(23)20-14-12-19(13-15-20)28(2)3/h4-15,23,30H,1-3H3/b24-22+. The van der Waals surface area contributed by atoms with Gasteiger partial charge in [-0.1, -0.05) is 24.3 Å². The molecule has 1 aliphatic rings. The summed E-state index contributed by atoms with van der Waals surface area (Å²) in [5.41, 5.74) is 3.35. The average molecular weight is 430 g/mol. The van der Waals surface area contributed by atoms with Crippen molar-refractivity contribution in [1.82, 2.24) is 0 Å². The molecular weight excluding hydrogens is 407 g/mol. The van der Waals surface area contributed by atoms with Gasteiger partial charge in [0.2, 0.25) is 0 Å². The lowest BCUT2D eigenvalue weighted by Crippen LogP contribution is -2.29. The number of aliphatic hydroxyl groups is 1. The van der Waals surface area contributed by atoms with Gasteiger partial charge in [-0.15, -0.1) is 0 Å². The normalized spacial score (nSPS) is 17.6. The first-order valence-electron chi connectivity index (χ1n) is 10.2. The molecule has 0 saturated carbocycles. The van der Waals surface area contributed by atoms with Gasteiger partial charge in [-0.3, -0.25) is 14.5 Å². The summed E-state index contributed by atoms with van der Waals surface area (Å²) in [7, 11) is 3.83. The van der Waals surface area contributed by atoms with Crippen LogP contribution in [0.4, 0.5) is 15.8 Å². The number of anilines is 2. The number of carbonyl (C=O) groups is 2. The molecule has 0 bridgehead atoms. The highest BCUT2D eigenvalue weighted by Crippen LogP contribution is 2.43. The average Bonchev–Trinajstić information content (AvgIpc) is 3.04. The molecule has 4 rings (SSSR count). The summed E-state index contributed by atoms with van der Waals surface area (Å²) in [6.45, 7) is 1.89. The Morgan fingerprint density at radius 2 is 1.56 bits per heavy atom. The van der Waals surface area contributed by atoms with Gasteiger partial charge in [0, 0.05) is 31.0 Å². The van der Waals surface area contributed by atoms with E-state index in [0.29, 0.717) is 5.69 Å². The van der Waals surface area contributed by atoms with Gasteiger partial charge in [-0.25, -0.2) is 4.39 Å². The van der Waals surface area contributed by atoms with Gasteiger partial charge in [0.1, 0.15) is 11.6 Å². The summed E-state index contributed by atoms with van der Waals surface area (Å²) in [5, 5.41) is 11.1. The second-order valence-corrected chi connectivity index (χ2v) is 7.94. The molecule has 0 radical (unpaired) electrons. The fraction of sp³-hybridized carbons (Fsp3) is 0.154. The molecular formula is C26H23FN2O3. The maximum atomic E-state index is 13.4. The van der Waals surface area contributed by atoms with Crippen molar-refractivity contribution in [2.24, 2.45) is 0 Å². The zero-order chi connectivity index (χ0) is 23.0. The molecule has 0 spiro atoms. The Hall–Kier alpha value is -3.93. The number of rotatable bonds is 4. The highest BCUT2D eigenvalue weighted by atomic mass is 19.1. The summed E-state index contributed by atoms with van der Waals surface area (Å²) in [5.74, 6) is -2.29. The quantitative estimate of drug-likeness (QED) is 0.366. The molecule has 162 valence electrons. The molecule has 1 heterocycles. The number of ketones is 1. The molecule has 0 aliphatic carbocycles. The monoisotopic (exact) mass is 430 g/mol. The van der Waals surface area contributed by atoms with Crippen molar-refractivity contribution >= 4 is 28.8 Å². The molecule has 1 atom stereocenters. The van der Waals surface area contributed by atoms with Gasteiger partial charge in [0.15, 0.2) is 0 Å². The number of aryl methyl sites for hydroxylation is 1. The van der Waals surface area contributed by atoms with Gasteiger partial charge < -0.3 is 10.0 Å². The van der Waals surface area contributed by atoms with Crippen molar-refractivity contribution < 1.29 is 19.1 Å². The van der Waals surface area contributed by atoms with Crippen LogP contribution in [0.3, 0.4) is 0 Å². The number of halogens is 1. The van der Waals surface area contributed by atoms with Crippen LogP contribution in [0.5, 0.6) is 0 Å². The van der Waals surface area contributed by atoms with Gasteiger partial charge in [-0.2, -0.15) is 0 Å². The van der Waals surface area contributed by atoms with E-state index in [1.54, 1.807) is 12.1 Å². The first-order chi connectivity index (χ1) is 15.3. The van der Waals surface area contributed by atoms with Crippen molar-refractivity contribution in [3.63, 3.8) is 0 Å². The number of nitrogens with zero attached hydrogens (tertiary/aromatic N) is 2. The number of carbonyl (C=O) groups excluding carboxylic acids is 2. The lowest BCUT2D eigenvalue weighted by molar-refractivity contribution is -0.132. The molecule has 5 nitrogen and oxygen atoms in total. The van der Waals surface area contributed by atoms with Crippen molar-refractivity contribution in [2.75, 3.05) is 23.9 Å². The highest BCUT2D eigenvalue weighted by molar-refractivity contribution is 6.51. The highest BCUT2D eigenvalue weighted by Gasteiger charge is 2.47. The minimum atomic E-state index is -0.813. The summed E-state index contributed by atoms with van der Waals surface area (Å²) >= 11 is 0. The van der Waals surface area contributed by atoms with Crippen LogP contribution >= 0.6 is 0 Å². The minimum Gasteiger partial charge on any atom is -0.507 e. The van der Waals surface area contributed by atoms with Crippen LogP contribution in [-0.4, -0.2) is 30.9 Å². The topological polar surface area (TPSA) is 60.9 Å². The van der Waals surface area contributed by atoms with Crippen molar-refractivity contribution in [3.8, 4) is 0 Å². The van der Waals surface area contributed by atoms with Gasteiger partial charge >= 0.3 is 0 Å². The SMILES string of the molecule is Cc1ccccc1C1/C(=C(\O)c2ccc(F)cc2)C(=O)C(=O)N1c1ccc(N(C)C)cc1. The zero-order valence-corrected chi connectivity index (χ0v) is 18.0. The Labute approximate surface area is 186 Å². The summed E-state index contributed by atoms with van der Waals surface area (Å²) in [6.07, 6.45) is 0. The van der Waals surface area contributed by atoms with E-state index in [0.717, 1.165) is 16.8 Å². The maximum absolute atomic E-state index is 13.4. The number of Topliss-reactive ketones (excluding diaryl/α,β-unsaturated/α-hetero) is 1. The Balaban J connectivity index is 1.93. The lowest BCUT2D eigenvalue weighted by Gasteiger charge is -2.27. The van der Waals surface area contributed by atoms with Gasteiger partial charge in [0.05, 0.1) is 11.6 Å². The van der Waals surface area contributed by atoms with E-state index in [-0.39, 0.29) is 16.9 Å². The predicted octanol–water partition coefficient (Wildman–Crippen LogP) is 4.83. The van der Waals surface area contributed by atoms with E-state index < -0.39 is 23.5 Å². The van der Waals surface area contributed by atoms with Crippen molar-refractivity contribution in [2.45, 2.75) is 13.0 Å². The Kier molecular flexibility index (Phi) is 5.53. The molecule has 1 N–H and O–H groups in total. The van der Waals surface area contributed by atoms with Crippen LogP contribution in [0.15, 0.2) is 78.4 Å². The predicted molar refractivity (Wildman–Crippen MR) is 123 cm³/mol. The number of hydrogen-bond acceptors (Lipinski definition) is 4. The van der Waals surface area contributed by atoms with E-state index >= 15 is 0 Å². The minimum absolute atomic E-state index is 0.0207. The largest absolute Gasteiger partial charge is 0.507 e. The molecule has 32 heavy (non-hydrogen) atoms. The third-order valence-corrected chi connectivity index (χ3v) is 5.69. The summed E-state index contributed by atoms with van der Waals surface area (Å²) in [4.78, 5) is 29.7. The second-order valence-electron chi connectivity index (χ2n) is 7.94. The van der Waals surface area contributed by atoms with Crippen LogP contribution in [-0.2, 0) is 9.59 Å². The number of hydrogen-bond donors (Lipinski definition) is 1. The summed E-state index contributed by atoms with van der Waals surface area (Å²) < 4.78 is 13.4. The smallest absolute Gasteiger partial charge is 0.300 e. The van der Waals surface area contributed by atoms with Crippen molar-refractivity contribution in [1.29, 1.82) is 0 Å². The Morgan fingerprint density at radius 1 is 0.938 bits per heavy atom. The molecule has 3 aromatic carbocycles. The summed E-state index contributed by atoms with van der Waals surface area (Å²) in [6, 6.07) is 19.1. The number of aliphatic hydroxyl groups excluding tert-OH is 1. The number of benzene rings is 3. The first kappa shape index (κ1) is 21.3. The molecule has 0 aromatic heterocycles. The molecule has 1 unspecified atom stereocenters. The van der Waals surface area contributed by atoms with Crippen molar-refractivity contribution in [3.05, 3.63) is 101 Å². The molecule has 1 saturated heterocycles. The lowest BCUT2D eigenvalue weighted by atomic mass is 9.92. The van der Waals surface area contributed by atoms with Crippen LogP contribution < -0.4 is 9.80 Å². The zero-order valence-electron chi connectivity index (χ0n) is 18.0. The van der Waals surface area contributed by atoms with E-state index in [2.05, 4.69) is 0 Å². The van der Waals surface area contributed by atoms with Crippen LogP contribution in [0.25, 0.3) is 5.76 Å². The molecule has 1 amide bonds. The molecule has 1 aliphatic heterocycles. The van der Waals surface area contributed by atoms with Gasteiger partial charge in [-0.05, 0) is 66.6 Å². The van der Waals surface area contributed by atoms with Crippen LogP contribution in [0, 0.1) is 12.7 Å². The van der Waals surface area contributed by atoms with E-state index in [9.17, 15) is 19.1 Å². The molecule has 1 fully saturated rings. The fourth-order valence-corrected chi connectivity index (χ4v) is 3.96. The Bertz CT molecular complexity index is 1210. The molecule has 3 aromatic rings. The Morgan fingerprint density at radius 3 is 2.16 bits per heavy atom. The second kappa shape index (κ2) is 8.30. The first-order valence-corrected chi connectivity index (χ1v) is 10.2. The van der Waals surface area contributed by atoms with E-state index in [4.69, 9.17) is 0 Å². The van der Waals surface area contributed by atoms with E-state index in [1.165, 1.54) is 29.2 Å².